The van der Waals surface area contributed by atoms with Gasteiger partial charge in [-0.1, -0.05) is 19.1 Å². The maximum Gasteiger partial charge on any atom is 0.341 e. The standard InChI is InChI=1S/C20H18BrFN2O3/c1-3-12-17(23-14-7-5-4-6-13(14)22)15-18(27-20(12)26)16(21)10(2)24(19(15)25)11-8-9-11/h4-7,11,23H,3,8-9H2,1-2H3. The van der Waals surface area contributed by atoms with Gasteiger partial charge >= 0.3 is 5.63 Å². The molecule has 0 aliphatic heterocycles. The summed E-state index contributed by atoms with van der Waals surface area (Å²) in [6.45, 7) is 3.62. The highest BCUT2D eigenvalue weighted by Crippen LogP contribution is 2.39. The van der Waals surface area contributed by atoms with Crippen LogP contribution in [0.3, 0.4) is 0 Å². The second-order valence-electron chi connectivity index (χ2n) is 6.71. The molecule has 2 heterocycles. The van der Waals surface area contributed by atoms with E-state index in [1.165, 1.54) is 6.07 Å². The van der Waals surface area contributed by atoms with Crippen LogP contribution < -0.4 is 16.5 Å². The third-order valence-corrected chi connectivity index (χ3v) is 5.86. The molecule has 0 saturated heterocycles. The van der Waals surface area contributed by atoms with Crippen LogP contribution >= 0.6 is 15.9 Å². The van der Waals surface area contributed by atoms with Gasteiger partial charge in [-0.2, -0.15) is 0 Å². The molecule has 1 N–H and O–H groups in total. The summed E-state index contributed by atoms with van der Waals surface area (Å²) in [5.41, 5.74) is 0.982. The Morgan fingerprint density at radius 3 is 2.63 bits per heavy atom. The van der Waals surface area contributed by atoms with Crippen molar-refractivity contribution in [3.8, 4) is 0 Å². The van der Waals surface area contributed by atoms with Gasteiger partial charge in [0.25, 0.3) is 5.56 Å². The zero-order chi connectivity index (χ0) is 19.3. The van der Waals surface area contributed by atoms with E-state index < -0.39 is 11.4 Å². The quantitative estimate of drug-likeness (QED) is 0.642. The Kier molecular flexibility index (Phi) is 4.42. The van der Waals surface area contributed by atoms with Crippen molar-refractivity contribution in [3.05, 3.63) is 66.6 Å². The third kappa shape index (κ3) is 2.90. The van der Waals surface area contributed by atoms with Crippen molar-refractivity contribution >= 4 is 38.3 Å². The number of rotatable bonds is 4. The van der Waals surface area contributed by atoms with Crippen molar-refractivity contribution in [2.24, 2.45) is 0 Å². The summed E-state index contributed by atoms with van der Waals surface area (Å²) < 4.78 is 22.0. The summed E-state index contributed by atoms with van der Waals surface area (Å²) in [5.74, 6) is -0.463. The number of para-hydroxylation sites is 1. The van der Waals surface area contributed by atoms with Gasteiger partial charge in [-0.3, -0.25) is 4.79 Å². The molecule has 1 aliphatic carbocycles. The van der Waals surface area contributed by atoms with Crippen LogP contribution in [0.5, 0.6) is 0 Å². The lowest BCUT2D eigenvalue weighted by Crippen LogP contribution is -2.25. The molecule has 140 valence electrons. The molecule has 0 spiro atoms. The van der Waals surface area contributed by atoms with E-state index in [0.717, 1.165) is 18.5 Å². The lowest BCUT2D eigenvalue weighted by Gasteiger charge is -2.17. The largest absolute Gasteiger partial charge is 0.421 e. The van der Waals surface area contributed by atoms with Crippen LogP contribution in [0.15, 0.2) is 42.7 Å². The summed E-state index contributed by atoms with van der Waals surface area (Å²) in [5, 5.41) is 3.24. The Morgan fingerprint density at radius 1 is 1.30 bits per heavy atom. The zero-order valence-electron chi connectivity index (χ0n) is 14.9. The minimum absolute atomic E-state index is 0.150. The van der Waals surface area contributed by atoms with E-state index in [4.69, 9.17) is 4.42 Å². The normalized spacial score (nSPS) is 13.9. The third-order valence-electron chi connectivity index (χ3n) is 4.93. The van der Waals surface area contributed by atoms with Crippen molar-refractivity contribution in [1.82, 2.24) is 4.57 Å². The first-order valence-electron chi connectivity index (χ1n) is 8.85. The molecule has 0 bridgehead atoms. The lowest BCUT2D eigenvalue weighted by atomic mass is 10.1. The van der Waals surface area contributed by atoms with Crippen molar-refractivity contribution in [1.29, 1.82) is 0 Å². The summed E-state index contributed by atoms with van der Waals surface area (Å²) in [7, 11) is 0. The number of pyridine rings is 1. The lowest BCUT2D eigenvalue weighted by molar-refractivity contribution is 0.546. The minimum Gasteiger partial charge on any atom is -0.421 e. The van der Waals surface area contributed by atoms with E-state index in [1.54, 1.807) is 29.7 Å². The highest BCUT2D eigenvalue weighted by molar-refractivity contribution is 9.10. The Balaban J connectivity index is 2.10. The highest BCUT2D eigenvalue weighted by atomic mass is 79.9. The maximum absolute atomic E-state index is 14.2. The van der Waals surface area contributed by atoms with E-state index in [1.807, 2.05) is 6.92 Å². The van der Waals surface area contributed by atoms with Crippen LogP contribution in [-0.4, -0.2) is 4.57 Å². The summed E-state index contributed by atoms with van der Waals surface area (Å²) in [4.78, 5) is 25.8. The number of hydrogen-bond acceptors (Lipinski definition) is 4. The average Bonchev–Trinajstić information content (AvgIpc) is 3.46. The number of fused-ring (bicyclic) bond motifs is 1. The SMILES string of the molecule is CCc1c(Nc2ccccc2F)c2c(=O)n(C3CC3)c(C)c(Br)c2oc1=O. The highest BCUT2D eigenvalue weighted by Gasteiger charge is 2.30. The average molecular weight is 433 g/mol. The monoisotopic (exact) mass is 432 g/mol. The molecule has 3 aromatic rings. The first-order chi connectivity index (χ1) is 12.9. The molecule has 7 heteroatoms. The Bertz CT molecular complexity index is 1180. The van der Waals surface area contributed by atoms with Crippen LogP contribution in [0.2, 0.25) is 0 Å². The maximum atomic E-state index is 14.2. The molecule has 0 radical (unpaired) electrons. The number of nitrogens with zero attached hydrogens (tertiary/aromatic N) is 1. The van der Waals surface area contributed by atoms with Crippen LogP contribution in [0, 0.1) is 12.7 Å². The molecule has 27 heavy (non-hydrogen) atoms. The molecule has 0 unspecified atom stereocenters. The van der Waals surface area contributed by atoms with Gasteiger partial charge in [0.2, 0.25) is 0 Å². The fraction of sp³-hybridized carbons (Fsp3) is 0.300. The van der Waals surface area contributed by atoms with E-state index in [0.29, 0.717) is 22.1 Å². The van der Waals surface area contributed by atoms with E-state index in [-0.39, 0.29) is 28.3 Å². The van der Waals surface area contributed by atoms with Gasteiger partial charge in [0, 0.05) is 11.7 Å². The van der Waals surface area contributed by atoms with Crippen LogP contribution in [0.1, 0.15) is 37.1 Å². The van der Waals surface area contributed by atoms with Crippen LogP contribution in [0.25, 0.3) is 11.0 Å². The molecule has 1 aliphatic rings. The fourth-order valence-electron chi connectivity index (χ4n) is 3.40. The van der Waals surface area contributed by atoms with E-state index >= 15 is 0 Å². The Morgan fingerprint density at radius 2 is 2.00 bits per heavy atom. The zero-order valence-corrected chi connectivity index (χ0v) is 16.5. The van der Waals surface area contributed by atoms with Crippen molar-refractivity contribution in [2.45, 2.75) is 39.2 Å². The number of nitrogens with one attached hydrogen (secondary N) is 1. The molecule has 1 fully saturated rings. The molecular weight excluding hydrogens is 415 g/mol. The predicted octanol–water partition coefficient (Wildman–Crippen LogP) is 4.81. The van der Waals surface area contributed by atoms with Crippen LogP contribution in [0.4, 0.5) is 15.8 Å². The molecule has 5 nitrogen and oxygen atoms in total. The molecular formula is C20H18BrFN2O3. The molecule has 4 rings (SSSR count). The van der Waals surface area contributed by atoms with Crippen molar-refractivity contribution < 1.29 is 8.81 Å². The van der Waals surface area contributed by atoms with E-state index in [9.17, 15) is 14.0 Å². The van der Waals surface area contributed by atoms with Gasteiger partial charge in [-0.05, 0) is 54.2 Å². The summed E-state index contributed by atoms with van der Waals surface area (Å²) in [6.07, 6.45) is 2.22. The number of hydrogen-bond donors (Lipinski definition) is 1. The minimum atomic E-state index is -0.535. The predicted molar refractivity (Wildman–Crippen MR) is 107 cm³/mol. The molecule has 0 amide bonds. The Hall–Kier alpha value is -2.41. The second kappa shape index (κ2) is 6.64. The molecule has 0 atom stereocenters. The number of aromatic nitrogens is 1. The van der Waals surface area contributed by atoms with Gasteiger partial charge in [-0.15, -0.1) is 0 Å². The van der Waals surface area contributed by atoms with Gasteiger partial charge in [-0.25, -0.2) is 9.18 Å². The second-order valence-corrected chi connectivity index (χ2v) is 7.50. The first-order valence-corrected chi connectivity index (χ1v) is 9.65. The van der Waals surface area contributed by atoms with Crippen LogP contribution in [-0.2, 0) is 6.42 Å². The summed E-state index contributed by atoms with van der Waals surface area (Å²) in [6, 6.07) is 6.31. The smallest absolute Gasteiger partial charge is 0.341 e. The number of benzene rings is 1. The number of anilines is 2. The van der Waals surface area contributed by atoms with Gasteiger partial charge in [0.05, 0.1) is 21.4 Å². The Labute approximate surface area is 162 Å². The molecule has 1 aromatic carbocycles. The topological polar surface area (TPSA) is 64.2 Å². The van der Waals surface area contributed by atoms with Gasteiger partial charge in [0.1, 0.15) is 11.2 Å². The van der Waals surface area contributed by atoms with E-state index in [2.05, 4.69) is 21.2 Å². The van der Waals surface area contributed by atoms with Gasteiger partial charge in [0.15, 0.2) is 5.58 Å². The van der Waals surface area contributed by atoms with Gasteiger partial charge < -0.3 is 14.3 Å². The van der Waals surface area contributed by atoms with Crippen molar-refractivity contribution in [3.63, 3.8) is 0 Å². The molecule has 2 aromatic heterocycles. The first kappa shape index (κ1) is 18.0. The van der Waals surface area contributed by atoms with Crippen molar-refractivity contribution in [2.75, 3.05) is 5.32 Å². The number of halogens is 2. The summed E-state index contributed by atoms with van der Waals surface area (Å²) >= 11 is 3.48. The molecule has 1 saturated carbocycles. The fourth-order valence-corrected chi connectivity index (χ4v) is 3.87.